The molecule has 106 valence electrons. The number of nitrogens with one attached hydrogen (secondary N) is 2. The van der Waals surface area contributed by atoms with Crippen molar-refractivity contribution < 1.29 is 5.11 Å². The van der Waals surface area contributed by atoms with Crippen LogP contribution in [-0.4, -0.2) is 34.8 Å². The number of aliphatic hydroxyl groups is 1. The molecule has 1 heterocycles. The first-order valence-electron chi connectivity index (χ1n) is 7.08. The van der Waals surface area contributed by atoms with Crippen molar-refractivity contribution in [3.8, 4) is 0 Å². The summed E-state index contributed by atoms with van der Waals surface area (Å²) in [5.41, 5.74) is 1.11. The molecule has 2 atom stereocenters. The minimum absolute atomic E-state index is 0.166. The zero-order chi connectivity index (χ0) is 13.8. The second-order valence-electron chi connectivity index (χ2n) is 5.53. The molecule has 1 saturated carbocycles. The van der Waals surface area contributed by atoms with Gasteiger partial charge < -0.3 is 15.7 Å². The van der Waals surface area contributed by atoms with Gasteiger partial charge in [0.15, 0.2) is 0 Å². The quantitative estimate of drug-likeness (QED) is 0.760. The van der Waals surface area contributed by atoms with Crippen LogP contribution in [0.4, 0.5) is 11.6 Å². The lowest BCUT2D eigenvalue weighted by molar-refractivity contribution is 0.138. The van der Waals surface area contributed by atoms with Crippen molar-refractivity contribution in [2.24, 2.45) is 5.92 Å². The maximum atomic E-state index is 9.86. The number of aliphatic hydroxyl groups excluding tert-OH is 1. The highest BCUT2D eigenvalue weighted by Crippen LogP contribution is 2.30. The third-order valence-corrected chi connectivity index (χ3v) is 3.85. The van der Waals surface area contributed by atoms with Gasteiger partial charge in [-0.1, -0.05) is 20.3 Å². The van der Waals surface area contributed by atoms with Gasteiger partial charge in [0, 0.05) is 25.1 Å². The summed E-state index contributed by atoms with van der Waals surface area (Å²) in [6.45, 7) is 5.05. The highest BCUT2D eigenvalue weighted by atomic mass is 16.3. The van der Waals surface area contributed by atoms with Crippen LogP contribution in [0.25, 0.3) is 0 Å². The predicted octanol–water partition coefficient (Wildman–Crippen LogP) is 2.21. The van der Waals surface area contributed by atoms with Crippen LogP contribution < -0.4 is 10.6 Å². The maximum absolute atomic E-state index is 9.86. The number of rotatable bonds is 5. The van der Waals surface area contributed by atoms with Crippen molar-refractivity contribution in [3.05, 3.63) is 11.9 Å². The molecular weight excluding hydrogens is 240 g/mol. The highest BCUT2D eigenvalue weighted by Gasteiger charge is 2.25. The van der Waals surface area contributed by atoms with E-state index in [0.717, 1.165) is 43.0 Å². The first-order chi connectivity index (χ1) is 9.13. The van der Waals surface area contributed by atoms with Gasteiger partial charge in [0.2, 0.25) is 0 Å². The van der Waals surface area contributed by atoms with Crippen LogP contribution in [0.15, 0.2) is 6.33 Å². The molecule has 0 bridgehead atoms. The molecule has 5 heteroatoms. The second kappa shape index (κ2) is 6.19. The maximum Gasteiger partial charge on any atom is 0.134 e. The Hall–Kier alpha value is -1.36. The molecule has 0 spiro atoms. The number of hydrogen-bond acceptors (Lipinski definition) is 5. The largest absolute Gasteiger partial charge is 0.393 e. The van der Waals surface area contributed by atoms with Crippen LogP contribution in [0.5, 0.6) is 0 Å². The molecule has 2 rings (SSSR count). The average Bonchev–Trinajstić information content (AvgIpc) is 2.81. The fraction of sp³-hybridized carbons (Fsp3) is 0.714. The van der Waals surface area contributed by atoms with Gasteiger partial charge in [-0.05, 0) is 18.8 Å². The highest BCUT2D eigenvalue weighted by molar-refractivity contribution is 5.58. The third kappa shape index (κ3) is 3.15. The molecule has 1 fully saturated rings. The van der Waals surface area contributed by atoms with Crippen molar-refractivity contribution in [1.82, 2.24) is 9.97 Å². The lowest BCUT2D eigenvalue weighted by Crippen LogP contribution is -2.23. The molecular formula is C14H24N4O. The van der Waals surface area contributed by atoms with Gasteiger partial charge in [0.25, 0.3) is 0 Å². The topological polar surface area (TPSA) is 70.1 Å². The predicted molar refractivity (Wildman–Crippen MR) is 77.5 cm³/mol. The summed E-state index contributed by atoms with van der Waals surface area (Å²) in [5, 5.41) is 16.4. The summed E-state index contributed by atoms with van der Waals surface area (Å²) < 4.78 is 0. The van der Waals surface area contributed by atoms with Gasteiger partial charge in [-0.3, -0.25) is 0 Å². The molecule has 1 aromatic rings. The van der Waals surface area contributed by atoms with Gasteiger partial charge in [0.1, 0.15) is 18.0 Å². The minimum Gasteiger partial charge on any atom is -0.393 e. The Morgan fingerprint density at radius 2 is 2.05 bits per heavy atom. The minimum atomic E-state index is -0.166. The first kappa shape index (κ1) is 14.1. The summed E-state index contributed by atoms with van der Waals surface area (Å²) in [7, 11) is 1.87. The number of anilines is 2. The molecule has 0 amide bonds. The molecule has 2 unspecified atom stereocenters. The fourth-order valence-corrected chi connectivity index (χ4v) is 2.77. The fourth-order valence-electron chi connectivity index (χ4n) is 2.77. The van der Waals surface area contributed by atoms with Gasteiger partial charge in [-0.2, -0.15) is 0 Å². The molecule has 19 heavy (non-hydrogen) atoms. The average molecular weight is 264 g/mol. The first-order valence-corrected chi connectivity index (χ1v) is 7.08. The van der Waals surface area contributed by atoms with Crippen LogP contribution in [-0.2, 0) is 0 Å². The smallest absolute Gasteiger partial charge is 0.134 e. The van der Waals surface area contributed by atoms with Crippen molar-refractivity contribution in [1.29, 1.82) is 0 Å². The Bertz CT molecular complexity index is 422. The molecule has 0 radical (unpaired) electrons. The van der Waals surface area contributed by atoms with Crippen LogP contribution in [0.3, 0.4) is 0 Å². The van der Waals surface area contributed by atoms with Crippen molar-refractivity contribution in [2.45, 2.75) is 45.1 Å². The van der Waals surface area contributed by atoms with E-state index in [1.54, 1.807) is 6.33 Å². The molecule has 1 aliphatic rings. The van der Waals surface area contributed by atoms with E-state index in [1.165, 1.54) is 0 Å². The Kier molecular flexibility index (Phi) is 4.58. The van der Waals surface area contributed by atoms with Gasteiger partial charge in [0.05, 0.1) is 6.10 Å². The molecule has 3 N–H and O–H groups in total. The van der Waals surface area contributed by atoms with E-state index in [-0.39, 0.29) is 6.10 Å². The number of nitrogens with zero attached hydrogens (tertiary/aromatic N) is 2. The van der Waals surface area contributed by atoms with Gasteiger partial charge in [-0.15, -0.1) is 0 Å². The van der Waals surface area contributed by atoms with Gasteiger partial charge in [-0.25, -0.2) is 9.97 Å². The van der Waals surface area contributed by atoms with Crippen molar-refractivity contribution in [2.75, 3.05) is 24.2 Å². The van der Waals surface area contributed by atoms with E-state index in [9.17, 15) is 5.11 Å². The van der Waals surface area contributed by atoms with Crippen LogP contribution in [0.1, 0.15) is 44.6 Å². The summed E-state index contributed by atoms with van der Waals surface area (Å²) in [5.74, 6) is 2.44. The van der Waals surface area contributed by atoms with Crippen molar-refractivity contribution in [3.63, 3.8) is 0 Å². The van der Waals surface area contributed by atoms with E-state index < -0.39 is 0 Å². The third-order valence-electron chi connectivity index (χ3n) is 3.85. The molecule has 0 aliphatic heterocycles. The lowest BCUT2D eigenvalue weighted by Gasteiger charge is -2.19. The normalized spacial score (nSPS) is 22.8. The second-order valence-corrected chi connectivity index (χ2v) is 5.53. The van der Waals surface area contributed by atoms with Crippen LogP contribution in [0.2, 0.25) is 0 Å². The SMILES string of the molecule is CNc1ncnc(NCC2CCCC2O)c1C(C)C. The van der Waals surface area contributed by atoms with Crippen molar-refractivity contribution >= 4 is 11.6 Å². The number of hydrogen-bond donors (Lipinski definition) is 3. The standard InChI is InChI=1S/C14H24N4O/c1-9(2)12-13(15-3)17-8-18-14(12)16-7-10-5-4-6-11(10)19/h8-11,19H,4-7H2,1-3H3,(H2,15,16,17,18). The Balaban J connectivity index is 2.11. The Morgan fingerprint density at radius 1 is 1.32 bits per heavy atom. The van der Waals surface area contributed by atoms with E-state index in [4.69, 9.17) is 0 Å². The molecule has 1 aromatic heterocycles. The summed E-state index contributed by atoms with van der Waals surface area (Å²) >= 11 is 0. The van der Waals surface area contributed by atoms with Gasteiger partial charge >= 0.3 is 0 Å². The number of aromatic nitrogens is 2. The zero-order valence-electron chi connectivity index (χ0n) is 12.0. The zero-order valence-corrected chi connectivity index (χ0v) is 12.0. The van der Waals surface area contributed by atoms with E-state index in [2.05, 4.69) is 34.4 Å². The summed E-state index contributed by atoms with van der Waals surface area (Å²) in [6, 6.07) is 0. The monoisotopic (exact) mass is 264 g/mol. The molecule has 0 aromatic carbocycles. The van der Waals surface area contributed by atoms with E-state index >= 15 is 0 Å². The van der Waals surface area contributed by atoms with Crippen LogP contribution in [0, 0.1) is 5.92 Å². The molecule has 0 saturated heterocycles. The molecule has 5 nitrogen and oxygen atoms in total. The Morgan fingerprint density at radius 3 is 2.63 bits per heavy atom. The summed E-state index contributed by atoms with van der Waals surface area (Å²) in [4.78, 5) is 8.61. The molecule has 1 aliphatic carbocycles. The Labute approximate surface area is 114 Å². The van der Waals surface area contributed by atoms with Crippen LogP contribution >= 0.6 is 0 Å². The lowest BCUT2D eigenvalue weighted by atomic mass is 10.0. The summed E-state index contributed by atoms with van der Waals surface area (Å²) in [6.07, 6.45) is 4.55. The van der Waals surface area contributed by atoms with E-state index in [0.29, 0.717) is 11.8 Å². The van der Waals surface area contributed by atoms with E-state index in [1.807, 2.05) is 7.05 Å².